The summed E-state index contributed by atoms with van der Waals surface area (Å²) in [5.74, 6) is 1.48. The van der Waals surface area contributed by atoms with Gasteiger partial charge in [-0.15, -0.1) is 11.3 Å². The van der Waals surface area contributed by atoms with Crippen LogP contribution in [0.4, 0.5) is 0 Å². The van der Waals surface area contributed by atoms with Gasteiger partial charge in [0.15, 0.2) is 0 Å². The van der Waals surface area contributed by atoms with E-state index in [-0.39, 0.29) is 6.04 Å². The van der Waals surface area contributed by atoms with Crippen molar-refractivity contribution in [2.75, 3.05) is 14.2 Å². The zero-order valence-corrected chi connectivity index (χ0v) is 18.6. The molecule has 0 radical (unpaired) electrons. The first-order chi connectivity index (χ1) is 13.9. The van der Waals surface area contributed by atoms with E-state index < -0.39 is 0 Å². The number of hydrogen-bond donors (Lipinski definition) is 0. The first-order valence-electron chi connectivity index (χ1n) is 9.51. The molecule has 0 fully saturated rings. The molecule has 0 aliphatic carbocycles. The van der Waals surface area contributed by atoms with Crippen molar-refractivity contribution >= 4 is 17.6 Å². The quantitative estimate of drug-likeness (QED) is 0.535. The number of benzene rings is 2. The average Bonchev–Trinajstić information content (AvgIpc) is 3.09. The summed E-state index contributed by atoms with van der Waals surface area (Å²) in [6.45, 7) is 8.30. The smallest absolute Gasteiger partial charge is 0.206 e. The molecular weight excluding hydrogens is 382 g/mol. The largest absolute Gasteiger partial charge is 0.497 e. The second kappa shape index (κ2) is 9.09. The maximum atomic E-state index is 5.61. The molecule has 1 aromatic heterocycles. The molecule has 0 bridgehead atoms. The van der Waals surface area contributed by atoms with Gasteiger partial charge >= 0.3 is 0 Å². The minimum atomic E-state index is 0.168. The van der Waals surface area contributed by atoms with E-state index in [1.807, 2.05) is 29.1 Å². The van der Waals surface area contributed by atoms with E-state index in [0.717, 1.165) is 33.1 Å². The maximum Gasteiger partial charge on any atom is 0.206 e. The molecule has 2 aromatic carbocycles. The summed E-state index contributed by atoms with van der Waals surface area (Å²) in [6, 6.07) is 12.3. The average molecular weight is 410 g/mol. The summed E-state index contributed by atoms with van der Waals surface area (Å²) >= 11 is 1.57. The number of nitrogens with zero attached hydrogens (tertiary/aromatic N) is 3. The second-order valence-corrected chi connectivity index (χ2v) is 7.95. The molecular formula is C23H27N3O2S. The molecule has 0 N–H and O–H groups in total. The summed E-state index contributed by atoms with van der Waals surface area (Å²) in [5.41, 5.74) is 5.34. The Morgan fingerprint density at radius 3 is 2.52 bits per heavy atom. The van der Waals surface area contributed by atoms with Crippen LogP contribution in [0.3, 0.4) is 0 Å². The molecule has 1 heterocycles. The first kappa shape index (κ1) is 20.9. The van der Waals surface area contributed by atoms with Crippen molar-refractivity contribution in [3.63, 3.8) is 0 Å². The van der Waals surface area contributed by atoms with Crippen molar-refractivity contribution < 1.29 is 9.47 Å². The zero-order valence-electron chi connectivity index (χ0n) is 17.8. The maximum absolute atomic E-state index is 5.61. The van der Waals surface area contributed by atoms with Gasteiger partial charge in [-0.25, -0.2) is 4.68 Å². The topological polar surface area (TPSA) is 48.1 Å². The molecule has 0 saturated heterocycles. The monoisotopic (exact) mass is 409 g/mol. The van der Waals surface area contributed by atoms with E-state index in [9.17, 15) is 0 Å². The van der Waals surface area contributed by atoms with Crippen molar-refractivity contribution in [3.8, 4) is 22.8 Å². The highest BCUT2D eigenvalue weighted by molar-refractivity contribution is 7.07. The Morgan fingerprint density at radius 1 is 1.03 bits per heavy atom. The second-order valence-electron chi connectivity index (χ2n) is 7.11. The van der Waals surface area contributed by atoms with Crippen LogP contribution in [0.5, 0.6) is 11.5 Å². The van der Waals surface area contributed by atoms with Gasteiger partial charge in [-0.2, -0.15) is 5.10 Å². The van der Waals surface area contributed by atoms with E-state index in [1.54, 1.807) is 25.6 Å². The van der Waals surface area contributed by atoms with Crippen molar-refractivity contribution in [1.82, 2.24) is 4.68 Å². The molecule has 6 heteroatoms. The number of aryl methyl sites for hydroxylation is 2. The lowest BCUT2D eigenvalue weighted by atomic mass is 10.1. The van der Waals surface area contributed by atoms with Crippen LogP contribution >= 0.6 is 11.3 Å². The minimum Gasteiger partial charge on any atom is -0.497 e. The Kier molecular flexibility index (Phi) is 6.54. The summed E-state index contributed by atoms with van der Waals surface area (Å²) < 4.78 is 12.8. The third kappa shape index (κ3) is 4.77. The van der Waals surface area contributed by atoms with Gasteiger partial charge in [0, 0.05) is 23.1 Å². The third-order valence-corrected chi connectivity index (χ3v) is 5.32. The molecule has 0 spiro atoms. The molecule has 29 heavy (non-hydrogen) atoms. The van der Waals surface area contributed by atoms with Gasteiger partial charge in [-0.1, -0.05) is 23.8 Å². The third-order valence-electron chi connectivity index (χ3n) is 4.49. The Balaban J connectivity index is 2.17. The van der Waals surface area contributed by atoms with Crippen LogP contribution in [0.2, 0.25) is 0 Å². The standard InChI is InChI=1S/C23H27N3O2S/c1-15(2)25-23-26(24-13-18-11-16(3)7-8-17(18)4)21(14-29-23)20-10-9-19(27-5)12-22(20)28-6/h7-15H,1-6H3. The molecule has 5 nitrogen and oxygen atoms in total. The van der Waals surface area contributed by atoms with Crippen LogP contribution in [-0.4, -0.2) is 31.2 Å². The van der Waals surface area contributed by atoms with Crippen LogP contribution in [-0.2, 0) is 0 Å². The summed E-state index contributed by atoms with van der Waals surface area (Å²) in [6.07, 6.45) is 1.90. The lowest BCUT2D eigenvalue weighted by molar-refractivity contribution is 0.395. The van der Waals surface area contributed by atoms with Crippen LogP contribution in [0.25, 0.3) is 11.3 Å². The van der Waals surface area contributed by atoms with Crippen LogP contribution in [0.15, 0.2) is 51.9 Å². The molecule has 0 saturated carbocycles. The Bertz CT molecular complexity index is 1090. The molecule has 3 aromatic rings. The van der Waals surface area contributed by atoms with Crippen molar-refractivity contribution in [2.45, 2.75) is 33.7 Å². The summed E-state index contributed by atoms with van der Waals surface area (Å²) in [4.78, 5) is 5.59. The SMILES string of the molecule is COc1ccc(-c2csc(=NC(C)C)n2N=Cc2cc(C)ccc2C)c(OC)c1. The molecule has 0 unspecified atom stereocenters. The van der Waals surface area contributed by atoms with E-state index in [0.29, 0.717) is 0 Å². The van der Waals surface area contributed by atoms with Gasteiger partial charge in [0.25, 0.3) is 0 Å². The fraction of sp³-hybridized carbons (Fsp3) is 0.304. The molecule has 0 aliphatic heterocycles. The number of rotatable bonds is 6. The molecule has 0 atom stereocenters. The molecule has 0 aliphatic rings. The van der Waals surface area contributed by atoms with Crippen LogP contribution < -0.4 is 14.3 Å². The highest BCUT2D eigenvalue weighted by Gasteiger charge is 2.14. The van der Waals surface area contributed by atoms with Crippen LogP contribution in [0, 0.1) is 13.8 Å². The van der Waals surface area contributed by atoms with Gasteiger partial charge < -0.3 is 9.47 Å². The normalized spacial score (nSPS) is 12.2. The van der Waals surface area contributed by atoms with Crippen molar-refractivity contribution in [3.05, 3.63) is 63.3 Å². The van der Waals surface area contributed by atoms with E-state index in [1.165, 1.54) is 11.1 Å². The number of aromatic nitrogens is 1. The summed E-state index contributed by atoms with van der Waals surface area (Å²) in [7, 11) is 3.31. The van der Waals surface area contributed by atoms with Gasteiger partial charge in [-0.3, -0.25) is 4.99 Å². The lowest BCUT2D eigenvalue weighted by Gasteiger charge is -2.11. The molecule has 0 amide bonds. The molecule has 152 valence electrons. The summed E-state index contributed by atoms with van der Waals surface area (Å²) in [5, 5.41) is 6.87. The van der Waals surface area contributed by atoms with E-state index in [2.05, 4.69) is 51.3 Å². The van der Waals surface area contributed by atoms with Gasteiger partial charge in [-0.05, 0) is 51.0 Å². The van der Waals surface area contributed by atoms with Gasteiger partial charge in [0.2, 0.25) is 4.80 Å². The lowest BCUT2D eigenvalue weighted by Crippen LogP contribution is -2.14. The molecule has 3 rings (SSSR count). The Labute approximate surface area is 176 Å². The number of thiazole rings is 1. The van der Waals surface area contributed by atoms with Crippen LogP contribution in [0.1, 0.15) is 30.5 Å². The number of hydrogen-bond acceptors (Lipinski definition) is 5. The zero-order chi connectivity index (χ0) is 21.0. The Morgan fingerprint density at radius 2 is 1.83 bits per heavy atom. The van der Waals surface area contributed by atoms with E-state index in [4.69, 9.17) is 19.6 Å². The highest BCUT2D eigenvalue weighted by Crippen LogP contribution is 2.33. The number of ether oxygens (including phenoxy) is 2. The number of methoxy groups -OCH3 is 2. The predicted molar refractivity (Wildman–Crippen MR) is 120 cm³/mol. The van der Waals surface area contributed by atoms with Gasteiger partial charge in [0.1, 0.15) is 11.5 Å². The fourth-order valence-electron chi connectivity index (χ4n) is 2.94. The minimum absolute atomic E-state index is 0.168. The van der Waals surface area contributed by atoms with Gasteiger partial charge in [0.05, 0.1) is 26.1 Å². The fourth-order valence-corrected chi connectivity index (χ4v) is 3.90. The first-order valence-corrected chi connectivity index (χ1v) is 10.4. The predicted octanol–water partition coefficient (Wildman–Crippen LogP) is 5.04. The Hall–Kier alpha value is -2.86. The van der Waals surface area contributed by atoms with Crippen molar-refractivity contribution in [2.24, 2.45) is 10.1 Å². The van der Waals surface area contributed by atoms with E-state index >= 15 is 0 Å². The van der Waals surface area contributed by atoms with Crippen molar-refractivity contribution in [1.29, 1.82) is 0 Å². The highest BCUT2D eigenvalue weighted by atomic mass is 32.1.